The number of ether oxygens (including phenoxy) is 1. The molecule has 0 bridgehead atoms. The number of hydrogen-bond donors (Lipinski definition) is 0. The van der Waals surface area contributed by atoms with Gasteiger partial charge in [-0.15, -0.1) is 0 Å². The van der Waals surface area contributed by atoms with Gasteiger partial charge < -0.3 is 4.74 Å². The van der Waals surface area contributed by atoms with Crippen molar-refractivity contribution in [3.05, 3.63) is 65.2 Å². The predicted octanol–water partition coefficient (Wildman–Crippen LogP) is 3.46. The summed E-state index contributed by atoms with van der Waals surface area (Å²) in [5.41, 5.74) is -0.662. The minimum Gasteiger partial charge on any atom is -0.423 e. The summed E-state index contributed by atoms with van der Waals surface area (Å²) in [4.78, 5) is 11.5. The fourth-order valence-electron chi connectivity index (χ4n) is 1.40. The molecule has 0 amide bonds. The summed E-state index contributed by atoms with van der Waals surface area (Å²) in [6.45, 7) is 0. The van der Waals surface area contributed by atoms with Crippen LogP contribution in [0.3, 0.4) is 0 Å². The van der Waals surface area contributed by atoms with Gasteiger partial charge in [0.05, 0.1) is 5.56 Å². The molecule has 0 aliphatic heterocycles. The molecule has 0 aliphatic carbocycles. The number of rotatable bonds is 2. The summed E-state index contributed by atoms with van der Waals surface area (Å²) in [6, 6.07) is 4.29. The van der Waals surface area contributed by atoms with Crippen molar-refractivity contribution < 1.29 is 27.1 Å². The molecule has 2 rings (SSSR count). The molecule has 2 aromatic carbocycles. The fraction of sp³-hybridized carbons (Fsp3) is 0. The van der Waals surface area contributed by atoms with Gasteiger partial charge in [0, 0.05) is 18.2 Å². The smallest absolute Gasteiger partial charge is 0.346 e. The van der Waals surface area contributed by atoms with Crippen molar-refractivity contribution in [2.45, 2.75) is 0 Å². The maximum Gasteiger partial charge on any atom is 0.346 e. The van der Waals surface area contributed by atoms with Gasteiger partial charge in [0.15, 0.2) is 0 Å². The summed E-state index contributed by atoms with van der Waals surface area (Å²) < 4.78 is 56.4. The van der Waals surface area contributed by atoms with Crippen LogP contribution in [0.25, 0.3) is 0 Å². The van der Waals surface area contributed by atoms with Crippen molar-refractivity contribution in [2.75, 3.05) is 0 Å². The molecule has 19 heavy (non-hydrogen) atoms. The van der Waals surface area contributed by atoms with Crippen LogP contribution in [-0.2, 0) is 0 Å². The Morgan fingerprint density at radius 1 is 0.842 bits per heavy atom. The SMILES string of the molecule is O=C(Oc1cc(F)cc(F)c1)c1cc(F)ccc1F. The van der Waals surface area contributed by atoms with E-state index in [1.807, 2.05) is 0 Å². The Bertz CT molecular complexity index is 620. The zero-order valence-electron chi connectivity index (χ0n) is 9.29. The lowest BCUT2D eigenvalue weighted by Crippen LogP contribution is -2.11. The van der Waals surface area contributed by atoms with Gasteiger partial charge in [-0.2, -0.15) is 0 Å². The molecule has 0 saturated heterocycles. The third-order valence-electron chi connectivity index (χ3n) is 2.19. The van der Waals surface area contributed by atoms with E-state index in [4.69, 9.17) is 0 Å². The summed E-state index contributed by atoms with van der Waals surface area (Å²) >= 11 is 0. The molecule has 6 heteroatoms. The molecule has 0 spiro atoms. The molecule has 0 N–H and O–H groups in total. The van der Waals surface area contributed by atoms with E-state index in [1.54, 1.807) is 0 Å². The van der Waals surface area contributed by atoms with Crippen LogP contribution in [0.1, 0.15) is 10.4 Å². The largest absolute Gasteiger partial charge is 0.423 e. The lowest BCUT2D eigenvalue weighted by Gasteiger charge is -2.05. The monoisotopic (exact) mass is 270 g/mol. The Balaban J connectivity index is 2.28. The van der Waals surface area contributed by atoms with Crippen LogP contribution in [0.5, 0.6) is 5.75 Å². The van der Waals surface area contributed by atoms with Gasteiger partial charge in [-0.3, -0.25) is 0 Å². The summed E-state index contributed by atoms with van der Waals surface area (Å²) in [5, 5.41) is 0. The van der Waals surface area contributed by atoms with Gasteiger partial charge >= 0.3 is 5.97 Å². The molecule has 0 atom stereocenters. The van der Waals surface area contributed by atoms with Gasteiger partial charge in [-0.25, -0.2) is 22.4 Å². The number of benzene rings is 2. The first-order chi connectivity index (χ1) is 8.95. The van der Waals surface area contributed by atoms with Gasteiger partial charge in [-0.1, -0.05) is 0 Å². The van der Waals surface area contributed by atoms with Crippen LogP contribution in [0.15, 0.2) is 36.4 Å². The van der Waals surface area contributed by atoms with E-state index < -0.39 is 40.6 Å². The highest BCUT2D eigenvalue weighted by molar-refractivity contribution is 5.91. The third kappa shape index (κ3) is 3.09. The number of hydrogen-bond acceptors (Lipinski definition) is 2. The number of carbonyl (C=O) groups excluding carboxylic acids is 1. The molecule has 0 saturated carbocycles. The summed E-state index contributed by atoms with van der Waals surface area (Å²) in [6.07, 6.45) is 0. The molecular formula is C13H6F4O2. The molecule has 2 aromatic rings. The average Bonchev–Trinajstić information content (AvgIpc) is 2.30. The quantitative estimate of drug-likeness (QED) is 0.474. The Hall–Kier alpha value is -2.37. The molecule has 0 aliphatic rings. The first-order valence-electron chi connectivity index (χ1n) is 5.09. The second-order valence-corrected chi connectivity index (χ2v) is 3.62. The van der Waals surface area contributed by atoms with Crippen LogP contribution in [0.2, 0.25) is 0 Å². The van der Waals surface area contributed by atoms with Gasteiger partial charge in [0.25, 0.3) is 0 Å². The van der Waals surface area contributed by atoms with Crippen LogP contribution >= 0.6 is 0 Å². The standard InChI is InChI=1S/C13H6F4O2/c14-7-1-2-12(17)11(6-7)13(18)19-10-4-8(15)3-9(16)5-10/h1-6H. The van der Waals surface area contributed by atoms with Crippen LogP contribution in [-0.4, -0.2) is 5.97 Å². The molecule has 0 radical (unpaired) electrons. The second-order valence-electron chi connectivity index (χ2n) is 3.62. The number of esters is 1. The zero-order chi connectivity index (χ0) is 14.0. The van der Waals surface area contributed by atoms with Crippen LogP contribution in [0, 0.1) is 23.3 Å². The summed E-state index contributed by atoms with van der Waals surface area (Å²) in [7, 11) is 0. The van der Waals surface area contributed by atoms with E-state index in [0.29, 0.717) is 12.1 Å². The highest BCUT2D eigenvalue weighted by Gasteiger charge is 2.16. The van der Waals surface area contributed by atoms with Crippen molar-refractivity contribution in [2.24, 2.45) is 0 Å². The first-order valence-corrected chi connectivity index (χ1v) is 5.09. The van der Waals surface area contributed by atoms with E-state index in [-0.39, 0.29) is 0 Å². The first kappa shape index (κ1) is 13.1. The minimum absolute atomic E-state index is 0.439. The fourth-order valence-corrected chi connectivity index (χ4v) is 1.40. The highest BCUT2D eigenvalue weighted by atomic mass is 19.1. The highest BCUT2D eigenvalue weighted by Crippen LogP contribution is 2.18. The Labute approximate surface area is 105 Å². The maximum absolute atomic E-state index is 13.3. The van der Waals surface area contributed by atoms with Crippen LogP contribution < -0.4 is 4.74 Å². The topological polar surface area (TPSA) is 26.3 Å². The normalized spacial score (nSPS) is 10.3. The van der Waals surface area contributed by atoms with E-state index in [9.17, 15) is 22.4 Å². The number of carbonyl (C=O) groups is 1. The van der Waals surface area contributed by atoms with Crippen LogP contribution in [0.4, 0.5) is 17.6 Å². The molecule has 98 valence electrons. The lowest BCUT2D eigenvalue weighted by atomic mass is 10.2. The van der Waals surface area contributed by atoms with Crippen molar-refractivity contribution in [3.8, 4) is 5.75 Å². The van der Waals surface area contributed by atoms with Gasteiger partial charge in [0.2, 0.25) is 0 Å². The van der Waals surface area contributed by atoms with E-state index >= 15 is 0 Å². The van der Waals surface area contributed by atoms with Gasteiger partial charge in [-0.05, 0) is 18.2 Å². The average molecular weight is 270 g/mol. The maximum atomic E-state index is 13.3. The van der Waals surface area contributed by atoms with Crippen molar-refractivity contribution in [1.82, 2.24) is 0 Å². The zero-order valence-corrected chi connectivity index (χ0v) is 9.29. The van der Waals surface area contributed by atoms with E-state index in [0.717, 1.165) is 24.3 Å². The van der Waals surface area contributed by atoms with E-state index in [2.05, 4.69) is 4.74 Å². The minimum atomic E-state index is -1.25. The second kappa shape index (κ2) is 5.09. The van der Waals surface area contributed by atoms with Crippen molar-refractivity contribution in [1.29, 1.82) is 0 Å². The van der Waals surface area contributed by atoms with Crippen molar-refractivity contribution >= 4 is 5.97 Å². The summed E-state index contributed by atoms with van der Waals surface area (Å²) in [5.74, 6) is -5.43. The predicted molar refractivity (Wildman–Crippen MR) is 57.7 cm³/mol. The van der Waals surface area contributed by atoms with Crippen molar-refractivity contribution in [3.63, 3.8) is 0 Å². The molecule has 0 unspecified atom stereocenters. The lowest BCUT2D eigenvalue weighted by molar-refractivity contribution is 0.0728. The third-order valence-corrected chi connectivity index (χ3v) is 2.19. The molecule has 0 aromatic heterocycles. The van der Waals surface area contributed by atoms with Gasteiger partial charge in [0.1, 0.15) is 29.0 Å². The molecule has 0 heterocycles. The Morgan fingerprint density at radius 2 is 1.47 bits per heavy atom. The number of halogens is 4. The molecular weight excluding hydrogens is 264 g/mol. The molecule has 0 fully saturated rings. The Kier molecular flexibility index (Phi) is 3.50. The van der Waals surface area contributed by atoms with E-state index in [1.165, 1.54) is 0 Å². The molecule has 2 nitrogen and oxygen atoms in total. The Morgan fingerprint density at radius 3 is 2.11 bits per heavy atom.